The second kappa shape index (κ2) is 6.56. The van der Waals surface area contributed by atoms with Crippen LogP contribution in [0.2, 0.25) is 0 Å². The molecule has 0 spiro atoms. The van der Waals surface area contributed by atoms with Crippen molar-refractivity contribution in [2.75, 3.05) is 0 Å². The molecule has 4 aromatic rings. The van der Waals surface area contributed by atoms with E-state index in [1.165, 1.54) is 0 Å². The summed E-state index contributed by atoms with van der Waals surface area (Å²) in [6, 6.07) is 17.5. The number of aromatic nitrogens is 4. The van der Waals surface area contributed by atoms with Crippen LogP contribution in [0, 0.1) is 0 Å². The Kier molecular flexibility index (Phi) is 3.96. The van der Waals surface area contributed by atoms with Gasteiger partial charge in [-0.2, -0.15) is 0 Å². The van der Waals surface area contributed by atoms with Crippen molar-refractivity contribution >= 4 is 11.3 Å². The number of benzene rings is 2. The van der Waals surface area contributed by atoms with Crippen LogP contribution in [0.5, 0.6) is 5.75 Å². The lowest BCUT2D eigenvalue weighted by atomic mass is 10.1. The van der Waals surface area contributed by atoms with E-state index in [1.807, 2.05) is 54.6 Å². The number of ether oxygens (including phenoxy) is 1. The van der Waals surface area contributed by atoms with Gasteiger partial charge in [0.15, 0.2) is 0 Å². The van der Waals surface area contributed by atoms with Crippen LogP contribution in [0.1, 0.15) is 16.8 Å². The van der Waals surface area contributed by atoms with Gasteiger partial charge in [-0.3, -0.25) is 9.78 Å². The molecule has 0 amide bonds. The number of H-pyrrole nitrogens is 1. The summed E-state index contributed by atoms with van der Waals surface area (Å²) in [5.74, 6) is 0.769. The zero-order valence-electron chi connectivity index (χ0n) is 13.2. The van der Waals surface area contributed by atoms with Crippen LogP contribution in [-0.2, 0) is 13.0 Å². The highest BCUT2D eigenvalue weighted by Gasteiger charge is 2.09. The van der Waals surface area contributed by atoms with Crippen LogP contribution in [0.4, 0.5) is 0 Å². The predicted octanol–water partition coefficient (Wildman–Crippen LogP) is 2.48. The monoisotopic (exact) mass is 334 g/mol. The van der Waals surface area contributed by atoms with Gasteiger partial charge in [-0.1, -0.05) is 42.5 Å². The second-order valence-electron chi connectivity index (χ2n) is 5.54. The first-order chi connectivity index (χ1) is 12.3. The van der Waals surface area contributed by atoms with E-state index in [4.69, 9.17) is 4.74 Å². The lowest BCUT2D eigenvalue weighted by molar-refractivity contribution is 0.306. The van der Waals surface area contributed by atoms with Gasteiger partial charge in [0.25, 0.3) is 5.56 Å². The summed E-state index contributed by atoms with van der Waals surface area (Å²) in [7, 11) is 0. The van der Waals surface area contributed by atoms with Crippen molar-refractivity contribution in [2.45, 2.75) is 13.0 Å². The fourth-order valence-electron chi connectivity index (χ4n) is 2.45. The van der Waals surface area contributed by atoms with E-state index >= 15 is 0 Å². The third kappa shape index (κ3) is 3.40. The lowest BCUT2D eigenvalue weighted by Crippen LogP contribution is -2.15. The number of nitrogens with zero attached hydrogens (tertiary/aromatic N) is 3. The Labute approximate surface area is 142 Å². The summed E-state index contributed by atoms with van der Waals surface area (Å²) in [5, 5.41) is 7.21. The SMILES string of the molecule is O=c1[nH]c2nonc2nc1Cc1ccc(OCc2ccccc2)cc1. The van der Waals surface area contributed by atoms with Gasteiger partial charge in [0.2, 0.25) is 11.3 Å². The molecule has 4 rings (SSSR count). The minimum absolute atomic E-state index is 0.249. The van der Waals surface area contributed by atoms with Gasteiger partial charge in [0.05, 0.1) is 0 Å². The average molecular weight is 334 g/mol. The molecule has 0 atom stereocenters. The molecule has 2 heterocycles. The minimum Gasteiger partial charge on any atom is -0.489 e. The third-order valence-corrected chi connectivity index (χ3v) is 3.75. The first kappa shape index (κ1) is 15.1. The molecule has 2 aromatic carbocycles. The van der Waals surface area contributed by atoms with Gasteiger partial charge in [-0.25, -0.2) is 9.61 Å². The molecule has 0 bridgehead atoms. The molecule has 0 aliphatic carbocycles. The number of hydrogen-bond donors (Lipinski definition) is 1. The molecule has 0 aliphatic rings. The molecule has 25 heavy (non-hydrogen) atoms. The summed E-state index contributed by atoms with van der Waals surface area (Å²) < 4.78 is 10.3. The van der Waals surface area contributed by atoms with E-state index in [0.29, 0.717) is 18.7 Å². The van der Waals surface area contributed by atoms with E-state index in [2.05, 4.69) is 24.9 Å². The van der Waals surface area contributed by atoms with E-state index < -0.39 is 0 Å². The van der Waals surface area contributed by atoms with E-state index in [-0.39, 0.29) is 16.9 Å². The quantitative estimate of drug-likeness (QED) is 0.602. The molecule has 0 saturated heterocycles. The molecule has 0 radical (unpaired) electrons. The maximum atomic E-state index is 12.0. The number of hydrogen-bond acceptors (Lipinski definition) is 6. The Balaban J connectivity index is 1.46. The Morgan fingerprint density at radius 1 is 0.960 bits per heavy atom. The highest BCUT2D eigenvalue weighted by atomic mass is 16.6. The summed E-state index contributed by atoms with van der Waals surface area (Å²) in [6.07, 6.45) is 0.386. The molecule has 0 unspecified atom stereocenters. The summed E-state index contributed by atoms with van der Waals surface area (Å²) in [6.45, 7) is 0.511. The number of aromatic amines is 1. The highest BCUT2D eigenvalue weighted by molar-refractivity contribution is 5.62. The number of nitrogens with one attached hydrogen (secondary N) is 1. The first-order valence-electron chi connectivity index (χ1n) is 7.75. The van der Waals surface area contributed by atoms with Crippen LogP contribution in [0.15, 0.2) is 64.0 Å². The minimum atomic E-state index is -0.299. The van der Waals surface area contributed by atoms with Crippen LogP contribution >= 0.6 is 0 Å². The largest absolute Gasteiger partial charge is 0.489 e. The lowest BCUT2D eigenvalue weighted by Gasteiger charge is -2.07. The molecule has 124 valence electrons. The standard InChI is InChI=1S/C18H14N4O3/c23-18-15(19-16-17(20-18)22-25-21-16)10-12-6-8-14(9-7-12)24-11-13-4-2-1-3-5-13/h1-9H,10-11H2,(H,20,22,23). The van der Waals surface area contributed by atoms with Gasteiger partial charge in [-0.15, -0.1) is 0 Å². The number of rotatable bonds is 5. The zero-order valence-corrected chi connectivity index (χ0v) is 13.2. The van der Waals surface area contributed by atoms with Crippen molar-refractivity contribution in [3.63, 3.8) is 0 Å². The maximum absolute atomic E-state index is 12.0. The van der Waals surface area contributed by atoms with Gasteiger partial charge in [0.1, 0.15) is 18.1 Å². The van der Waals surface area contributed by atoms with E-state index in [9.17, 15) is 4.79 Å². The molecular weight excluding hydrogens is 320 g/mol. The molecule has 0 saturated carbocycles. The second-order valence-corrected chi connectivity index (χ2v) is 5.54. The summed E-state index contributed by atoms with van der Waals surface area (Å²) >= 11 is 0. The van der Waals surface area contributed by atoms with E-state index in [1.54, 1.807) is 0 Å². The van der Waals surface area contributed by atoms with Gasteiger partial charge in [-0.05, 0) is 33.6 Å². The Morgan fingerprint density at radius 2 is 1.76 bits per heavy atom. The smallest absolute Gasteiger partial charge is 0.271 e. The fraction of sp³-hybridized carbons (Fsp3) is 0.111. The molecule has 2 aromatic heterocycles. The van der Waals surface area contributed by atoms with Crippen LogP contribution in [-0.4, -0.2) is 20.3 Å². The van der Waals surface area contributed by atoms with Crippen LogP contribution in [0.3, 0.4) is 0 Å². The van der Waals surface area contributed by atoms with Crippen LogP contribution < -0.4 is 10.3 Å². The molecular formula is C18H14N4O3. The Hall–Kier alpha value is -3.48. The van der Waals surface area contributed by atoms with Crippen molar-refractivity contribution in [3.05, 3.63) is 81.8 Å². The molecule has 7 heteroatoms. The molecule has 0 fully saturated rings. The fourth-order valence-corrected chi connectivity index (χ4v) is 2.45. The van der Waals surface area contributed by atoms with Crippen molar-refractivity contribution in [3.8, 4) is 5.75 Å². The van der Waals surface area contributed by atoms with Crippen molar-refractivity contribution in [2.24, 2.45) is 0 Å². The topological polar surface area (TPSA) is 93.9 Å². The third-order valence-electron chi connectivity index (χ3n) is 3.75. The van der Waals surface area contributed by atoms with Crippen molar-refractivity contribution < 1.29 is 9.37 Å². The maximum Gasteiger partial charge on any atom is 0.271 e. The van der Waals surface area contributed by atoms with Gasteiger partial charge < -0.3 is 4.74 Å². The average Bonchev–Trinajstić information content (AvgIpc) is 3.09. The molecule has 1 N–H and O–H groups in total. The predicted molar refractivity (Wildman–Crippen MR) is 90.2 cm³/mol. The normalized spacial score (nSPS) is 10.9. The zero-order chi connectivity index (χ0) is 17.1. The summed E-state index contributed by atoms with van der Waals surface area (Å²) in [5.41, 5.74) is 2.65. The first-order valence-corrected chi connectivity index (χ1v) is 7.75. The van der Waals surface area contributed by atoms with E-state index in [0.717, 1.165) is 16.9 Å². The van der Waals surface area contributed by atoms with Gasteiger partial charge in [0, 0.05) is 6.42 Å². The Morgan fingerprint density at radius 3 is 2.56 bits per heavy atom. The number of fused-ring (bicyclic) bond motifs is 1. The molecule has 7 nitrogen and oxygen atoms in total. The highest BCUT2D eigenvalue weighted by Crippen LogP contribution is 2.15. The Bertz CT molecular complexity index is 1040. The molecule has 0 aliphatic heterocycles. The summed E-state index contributed by atoms with van der Waals surface area (Å²) in [4.78, 5) is 18.8. The van der Waals surface area contributed by atoms with Gasteiger partial charge >= 0.3 is 0 Å². The van der Waals surface area contributed by atoms with Crippen molar-refractivity contribution in [1.82, 2.24) is 20.3 Å². The van der Waals surface area contributed by atoms with Crippen LogP contribution in [0.25, 0.3) is 11.3 Å². The van der Waals surface area contributed by atoms with Crippen molar-refractivity contribution in [1.29, 1.82) is 0 Å².